The van der Waals surface area contributed by atoms with Crippen LogP contribution in [0.15, 0.2) is 30.3 Å². The van der Waals surface area contributed by atoms with Gasteiger partial charge in [0, 0.05) is 6.07 Å². The summed E-state index contributed by atoms with van der Waals surface area (Å²) in [5.41, 5.74) is 6.15. The molecule has 0 radical (unpaired) electrons. The van der Waals surface area contributed by atoms with Crippen molar-refractivity contribution < 1.29 is 14.3 Å². The summed E-state index contributed by atoms with van der Waals surface area (Å²) in [5, 5.41) is 2.61. The molecule has 1 heterocycles. The van der Waals surface area contributed by atoms with Crippen molar-refractivity contribution >= 4 is 29.1 Å². The van der Waals surface area contributed by atoms with Crippen molar-refractivity contribution in [1.82, 2.24) is 9.97 Å². The number of methoxy groups -OCH3 is 1. The number of para-hydroxylation sites is 2. The van der Waals surface area contributed by atoms with Crippen molar-refractivity contribution in [3.8, 4) is 11.6 Å². The molecule has 0 fully saturated rings. The molecule has 1 aromatic heterocycles. The van der Waals surface area contributed by atoms with Crippen LogP contribution in [0.5, 0.6) is 11.6 Å². The number of aromatic nitrogens is 2. The van der Waals surface area contributed by atoms with E-state index in [9.17, 15) is 4.79 Å². The molecule has 1 aromatic carbocycles. The Morgan fingerprint density at radius 2 is 2.14 bits per heavy atom. The van der Waals surface area contributed by atoms with Gasteiger partial charge in [-0.3, -0.25) is 10.1 Å². The summed E-state index contributed by atoms with van der Waals surface area (Å²) >= 11 is 5.78. The van der Waals surface area contributed by atoms with Crippen molar-refractivity contribution in [3.63, 3.8) is 0 Å². The highest BCUT2D eigenvalue weighted by atomic mass is 35.5. The van der Waals surface area contributed by atoms with Gasteiger partial charge in [-0.25, -0.2) is 4.98 Å². The fraction of sp³-hybridized carbons (Fsp3) is 0.154. The van der Waals surface area contributed by atoms with Crippen LogP contribution in [0.2, 0.25) is 5.15 Å². The predicted molar refractivity (Wildman–Crippen MR) is 78.6 cm³/mol. The first kappa shape index (κ1) is 14.9. The van der Waals surface area contributed by atoms with Gasteiger partial charge in [-0.2, -0.15) is 4.98 Å². The number of halogens is 1. The second-order valence-electron chi connectivity index (χ2n) is 3.93. The first-order chi connectivity index (χ1) is 10.1. The monoisotopic (exact) mass is 308 g/mol. The average molecular weight is 309 g/mol. The Labute approximate surface area is 126 Å². The molecule has 0 atom stereocenters. The number of hydrogen-bond donors (Lipinski definition) is 2. The Bertz CT molecular complexity index is 651. The van der Waals surface area contributed by atoms with Crippen molar-refractivity contribution in [1.29, 1.82) is 0 Å². The van der Waals surface area contributed by atoms with E-state index < -0.39 is 5.91 Å². The number of nitrogens with zero attached hydrogens (tertiary/aromatic N) is 2. The van der Waals surface area contributed by atoms with E-state index in [1.54, 1.807) is 24.3 Å². The van der Waals surface area contributed by atoms with Crippen molar-refractivity contribution in [2.45, 2.75) is 0 Å². The van der Waals surface area contributed by atoms with Crippen LogP contribution in [0.3, 0.4) is 0 Å². The fourth-order valence-electron chi connectivity index (χ4n) is 1.47. The van der Waals surface area contributed by atoms with Gasteiger partial charge in [-0.1, -0.05) is 23.7 Å². The SMILES string of the molecule is COc1cc(Cl)nc(NC(=O)COc2ccccc2N)n1. The highest BCUT2D eigenvalue weighted by molar-refractivity contribution is 6.29. The molecule has 0 unspecified atom stereocenters. The summed E-state index contributed by atoms with van der Waals surface area (Å²) in [6, 6.07) is 8.31. The number of carbonyl (C=O) groups is 1. The zero-order chi connectivity index (χ0) is 15.2. The van der Waals surface area contributed by atoms with Gasteiger partial charge in [0.05, 0.1) is 12.8 Å². The standard InChI is InChI=1S/C13H13ClN4O3/c1-20-12-6-10(14)16-13(18-12)17-11(19)7-21-9-5-3-2-4-8(9)15/h2-6H,7,15H2,1H3,(H,16,17,18,19). The molecular weight excluding hydrogens is 296 g/mol. The largest absolute Gasteiger partial charge is 0.482 e. The second-order valence-corrected chi connectivity index (χ2v) is 4.32. The summed E-state index contributed by atoms with van der Waals surface area (Å²) in [5.74, 6) is 0.271. The van der Waals surface area contributed by atoms with Crippen LogP contribution >= 0.6 is 11.6 Å². The molecular formula is C13H13ClN4O3. The summed E-state index contributed by atoms with van der Waals surface area (Å²) in [6.07, 6.45) is 0. The Balaban J connectivity index is 1.96. The van der Waals surface area contributed by atoms with E-state index >= 15 is 0 Å². The minimum absolute atomic E-state index is 0.0361. The van der Waals surface area contributed by atoms with Crippen molar-refractivity contribution in [2.24, 2.45) is 0 Å². The van der Waals surface area contributed by atoms with E-state index in [1.165, 1.54) is 13.2 Å². The van der Waals surface area contributed by atoms with Gasteiger partial charge in [0.1, 0.15) is 10.9 Å². The molecule has 0 aliphatic rings. The summed E-state index contributed by atoms with van der Waals surface area (Å²) in [6.45, 7) is -0.230. The van der Waals surface area contributed by atoms with Gasteiger partial charge >= 0.3 is 0 Å². The van der Waals surface area contributed by atoms with E-state index in [1.807, 2.05) is 0 Å². The molecule has 1 amide bonds. The van der Waals surface area contributed by atoms with Crippen molar-refractivity contribution in [2.75, 3.05) is 24.8 Å². The van der Waals surface area contributed by atoms with Gasteiger partial charge in [-0.05, 0) is 12.1 Å². The summed E-state index contributed by atoms with van der Waals surface area (Å²) in [7, 11) is 1.44. The normalized spacial score (nSPS) is 10.0. The highest BCUT2D eigenvalue weighted by Crippen LogP contribution is 2.19. The lowest BCUT2D eigenvalue weighted by Crippen LogP contribution is -2.21. The molecule has 2 rings (SSSR count). The van der Waals surface area contributed by atoms with Gasteiger partial charge in [0.2, 0.25) is 11.8 Å². The molecule has 0 spiro atoms. The molecule has 0 aliphatic heterocycles. The molecule has 2 aromatic rings. The van der Waals surface area contributed by atoms with E-state index in [0.29, 0.717) is 11.4 Å². The van der Waals surface area contributed by atoms with Crippen LogP contribution in [0.25, 0.3) is 0 Å². The summed E-state index contributed by atoms with van der Waals surface area (Å²) < 4.78 is 10.2. The molecule has 0 bridgehead atoms. The zero-order valence-electron chi connectivity index (χ0n) is 11.2. The number of nitrogens with two attached hydrogens (primary N) is 1. The van der Waals surface area contributed by atoms with Gasteiger partial charge < -0.3 is 15.2 Å². The Kier molecular flexibility index (Phi) is 4.78. The van der Waals surface area contributed by atoms with E-state index in [4.69, 9.17) is 26.8 Å². The third-order valence-electron chi connectivity index (χ3n) is 2.41. The molecule has 0 saturated heterocycles. The van der Waals surface area contributed by atoms with Crippen LogP contribution in [0.1, 0.15) is 0 Å². The molecule has 3 N–H and O–H groups in total. The van der Waals surface area contributed by atoms with E-state index in [-0.39, 0.29) is 23.6 Å². The lowest BCUT2D eigenvalue weighted by atomic mass is 10.3. The van der Waals surface area contributed by atoms with E-state index in [2.05, 4.69) is 15.3 Å². The van der Waals surface area contributed by atoms with Crippen LogP contribution in [0.4, 0.5) is 11.6 Å². The fourth-order valence-corrected chi connectivity index (χ4v) is 1.65. The maximum atomic E-state index is 11.8. The van der Waals surface area contributed by atoms with Gasteiger partial charge in [-0.15, -0.1) is 0 Å². The van der Waals surface area contributed by atoms with Crippen LogP contribution in [0, 0.1) is 0 Å². The second kappa shape index (κ2) is 6.76. The third-order valence-corrected chi connectivity index (χ3v) is 2.60. The first-order valence-corrected chi connectivity index (χ1v) is 6.32. The van der Waals surface area contributed by atoms with E-state index in [0.717, 1.165) is 0 Å². The van der Waals surface area contributed by atoms with Crippen LogP contribution in [-0.2, 0) is 4.79 Å². The quantitative estimate of drug-likeness (QED) is 0.644. The third kappa shape index (κ3) is 4.22. The summed E-state index contributed by atoms with van der Waals surface area (Å²) in [4.78, 5) is 19.6. The molecule has 110 valence electrons. The number of amides is 1. The molecule has 0 saturated carbocycles. The Morgan fingerprint density at radius 1 is 1.38 bits per heavy atom. The first-order valence-electron chi connectivity index (χ1n) is 5.94. The predicted octanol–water partition coefficient (Wildman–Crippen LogP) is 1.74. The minimum Gasteiger partial charge on any atom is -0.482 e. The maximum Gasteiger partial charge on any atom is 0.264 e. The molecule has 8 heteroatoms. The number of nitrogen functional groups attached to an aromatic ring is 1. The average Bonchev–Trinajstić information content (AvgIpc) is 2.45. The van der Waals surface area contributed by atoms with Crippen LogP contribution in [-0.4, -0.2) is 29.6 Å². The number of carbonyl (C=O) groups excluding carboxylic acids is 1. The highest BCUT2D eigenvalue weighted by Gasteiger charge is 2.09. The number of nitrogens with one attached hydrogen (secondary N) is 1. The smallest absolute Gasteiger partial charge is 0.264 e. The number of ether oxygens (including phenoxy) is 2. The van der Waals surface area contributed by atoms with Crippen LogP contribution < -0.4 is 20.5 Å². The topological polar surface area (TPSA) is 99.4 Å². The lowest BCUT2D eigenvalue weighted by Gasteiger charge is -2.09. The maximum absolute atomic E-state index is 11.8. The van der Waals surface area contributed by atoms with Gasteiger partial charge in [0.15, 0.2) is 6.61 Å². The number of benzene rings is 1. The minimum atomic E-state index is -0.442. The van der Waals surface area contributed by atoms with Gasteiger partial charge in [0.25, 0.3) is 5.91 Å². The number of rotatable bonds is 5. The number of hydrogen-bond acceptors (Lipinski definition) is 6. The zero-order valence-corrected chi connectivity index (χ0v) is 11.9. The van der Waals surface area contributed by atoms with Crippen molar-refractivity contribution in [3.05, 3.63) is 35.5 Å². The molecule has 0 aliphatic carbocycles. The Hall–Kier alpha value is -2.54. The number of anilines is 2. The lowest BCUT2D eigenvalue weighted by molar-refractivity contribution is -0.118. The molecule has 7 nitrogen and oxygen atoms in total. The Morgan fingerprint density at radius 3 is 2.86 bits per heavy atom. The molecule has 21 heavy (non-hydrogen) atoms.